The Kier molecular flexibility index (Phi) is 6.87. The van der Waals surface area contributed by atoms with Crippen molar-refractivity contribution in [3.05, 3.63) is 59.4 Å². The number of benzene rings is 2. The summed E-state index contributed by atoms with van der Waals surface area (Å²) >= 11 is 0. The molecular formula is C22H27FN2O3. The molecule has 1 atom stereocenters. The van der Waals surface area contributed by atoms with Gasteiger partial charge >= 0.3 is 0 Å². The van der Waals surface area contributed by atoms with E-state index in [1.807, 2.05) is 25.1 Å². The van der Waals surface area contributed by atoms with Crippen molar-refractivity contribution in [1.29, 1.82) is 0 Å². The van der Waals surface area contributed by atoms with E-state index in [0.717, 1.165) is 29.0 Å². The van der Waals surface area contributed by atoms with Crippen LogP contribution in [0.3, 0.4) is 0 Å². The molecule has 150 valence electrons. The van der Waals surface area contributed by atoms with Crippen LogP contribution < -0.4 is 15.0 Å². The largest absolute Gasteiger partial charge is 0.489 e. The third-order valence-corrected chi connectivity index (χ3v) is 4.83. The predicted molar refractivity (Wildman–Crippen MR) is 107 cm³/mol. The van der Waals surface area contributed by atoms with E-state index in [0.29, 0.717) is 32.7 Å². The number of fused-ring (bicyclic) bond motifs is 1. The summed E-state index contributed by atoms with van der Waals surface area (Å²) in [6, 6.07) is 12.5. The highest BCUT2D eigenvalue weighted by molar-refractivity contribution is 5.77. The average Bonchev–Trinajstić information content (AvgIpc) is 2.68. The number of nitrogens with zero attached hydrogens (tertiary/aromatic N) is 1. The number of methoxy groups -OCH3 is 1. The molecule has 0 bridgehead atoms. The minimum Gasteiger partial charge on any atom is -0.489 e. The third kappa shape index (κ3) is 5.23. The zero-order valence-corrected chi connectivity index (χ0v) is 16.4. The summed E-state index contributed by atoms with van der Waals surface area (Å²) in [5.41, 5.74) is 3.06. The lowest BCUT2D eigenvalue weighted by Gasteiger charge is -2.38. The molecule has 1 unspecified atom stereocenters. The van der Waals surface area contributed by atoms with Gasteiger partial charge in [0.05, 0.1) is 18.2 Å². The molecule has 1 aliphatic heterocycles. The summed E-state index contributed by atoms with van der Waals surface area (Å²) in [5.74, 6) is 0.553. The van der Waals surface area contributed by atoms with Crippen LogP contribution in [0.5, 0.6) is 5.75 Å². The maximum absolute atomic E-state index is 13.3. The van der Waals surface area contributed by atoms with Gasteiger partial charge in [0.15, 0.2) is 0 Å². The van der Waals surface area contributed by atoms with E-state index >= 15 is 0 Å². The fraction of sp³-hybridized carbons (Fsp3) is 0.409. The first-order chi connectivity index (χ1) is 13.6. The summed E-state index contributed by atoms with van der Waals surface area (Å²) < 4.78 is 24.2. The maximum Gasteiger partial charge on any atom is 0.222 e. The summed E-state index contributed by atoms with van der Waals surface area (Å²) in [4.78, 5) is 14.6. The number of aryl methyl sites for hydroxylation is 1. The van der Waals surface area contributed by atoms with Gasteiger partial charge in [0, 0.05) is 26.8 Å². The molecule has 0 radical (unpaired) electrons. The van der Waals surface area contributed by atoms with Crippen molar-refractivity contribution < 1.29 is 18.7 Å². The van der Waals surface area contributed by atoms with Gasteiger partial charge in [-0.05, 0) is 48.7 Å². The van der Waals surface area contributed by atoms with Gasteiger partial charge < -0.3 is 19.7 Å². The zero-order chi connectivity index (χ0) is 19.9. The monoisotopic (exact) mass is 386 g/mol. The first kappa shape index (κ1) is 20.1. The van der Waals surface area contributed by atoms with E-state index in [1.54, 1.807) is 19.2 Å². The van der Waals surface area contributed by atoms with Crippen LogP contribution in [0.25, 0.3) is 0 Å². The number of ether oxygens (including phenoxy) is 2. The van der Waals surface area contributed by atoms with E-state index in [9.17, 15) is 9.18 Å². The van der Waals surface area contributed by atoms with Crippen molar-refractivity contribution in [2.45, 2.75) is 32.4 Å². The number of rotatable bonds is 8. The van der Waals surface area contributed by atoms with Crippen LogP contribution in [0, 0.1) is 12.7 Å². The van der Waals surface area contributed by atoms with Crippen LogP contribution in [0.2, 0.25) is 0 Å². The van der Waals surface area contributed by atoms with Gasteiger partial charge in [0.25, 0.3) is 0 Å². The Labute approximate surface area is 165 Å². The normalized spacial score (nSPS) is 15.7. The molecule has 5 nitrogen and oxygen atoms in total. The SMILES string of the molecule is COCCCNC(=O)CC1COc2cc(C)ccc2N1Cc1ccc(F)cc1. The van der Waals surface area contributed by atoms with Crippen molar-refractivity contribution in [3.8, 4) is 5.75 Å². The first-order valence-corrected chi connectivity index (χ1v) is 9.57. The molecule has 0 aromatic heterocycles. The fourth-order valence-corrected chi connectivity index (χ4v) is 3.35. The minimum absolute atomic E-state index is 0.00984. The standard InChI is InChI=1S/C22H27FN2O3/c1-16-4-9-20-21(12-16)28-15-19(13-22(26)24-10-3-11-27-2)25(20)14-17-5-7-18(23)8-6-17/h4-9,12,19H,3,10-11,13-15H2,1-2H3,(H,24,26). The molecule has 0 saturated carbocycles. The van der Waals surface area contributed by atoms with Crippen LogP contribution in [0.15, 0.2) is 42.5 Å². The Morgan fingerprint density at radius 2 is 2.07 bits per heavy atom. The molecule has 1 amide bonds. The average molecular weight is 386 g/mol. The number of nitrogens with one attached hydrogen (secondary N) is 1. The van der Waals surface area contributed by atoms with Crippen LogP contribution in [-0.2, 0) is 16.1 Å². The van der Waals surface area contributed by atoms with E-state index in [-0.39, 0.29) is 17.8 Å². The van der Waals surface area contributed by atoms with Crippen LogP contribution >= 0.6 is 0 Å². The van der Waals surface area contributed by atoms with Gasteiger partial charge in [-0.15, -0.1) is 0 Å². The summed E-state index contributed by atoms with van der Waals surface area (Å²) in [7, 11) is 1.65. The van der Waals surface area contributed by atoms with E-state index < -0.39 is 0 Å². The Hall–Kier alpha value is -2.60. The molecular weight excluding hydrogens is 359 g/mol. The molecule has 0 aliphatic carbocycles. The first-order valence-electron chi connectivity index (χ1n) is 9.57. The lowest BCUT2D eigenvalue weighted by atomic mass is 10.0. The molecule has 2 aromatic carbocycles. The van der Waals surface area contributed by atoms with Crippen molar-refractivity contribution in [2.75, 3.05) is 31.8 Å². The van der Waals surface area contributed by atoms with Crippen molar-refractivity contribution in [2.24, 2.45) is 0 Å². The van der Waals surface area contributed by atoms with Gasteiger partial charge in [-0.25, -0.2) is 4.39 Å². The molecule has 28 heavy (non-hydrogen) atoms. The summed E-state index contributed by atoms with van der Waals surface area (Å²) in [6.07, 6.45) is 1.12. The third-order valence-electron chi connectivity index (χ3n) is 4.83. The molecule has 1 heterocycles. The predicted octanol–water partition coefficient (Wildman–Crippen LogP) is 3.44. The van der Waals surface area contributed by atoms with E-state index in [1.165, 1.54) is 12.1 Å². The van der Waals surface area contributed by atoms with Gasteiger partial charge in [0.1, 0.15) is 18.2 Å². The molecule has 2 aromatic rings. The number of amides is 1. The number of halogens is 1. The highest BCUT2D eigenvalue weighted by Gasteiger charge is 2.29. The highest BCUT2D eigenvalue weighted by Crippen LogP contribution is 2.36. The van der Waals surface area contributed by atoms with Gasteiger partial charge in [0.2, 0.25) is 5.91 Å². The molecule has 6 heteroatoms. The number of carbonyl (C=O) groups excluding carboxylic acids is 1. The van der Waals surface area contributed by atoms with Crippen molar-refractivity contribution in [3.63, 3.8) is 0 Å². The Balaban J connectivity index is 1.75. The number of hydrogen-bond acceptors (Lipinski definition) is 4. The zero-order valence-electron chi connectivity index (χ0n) is 16.4. The number of anilines is 1. The van der Waals surface area contributed by atoms with E-state index in [4.69, 9.17) is 9.47 Å². The Morgan fingerprint density at radius 1 is 1.29 bits per heavy atom. The molecule has 0 saturated heterocycles. The Bertz CT molecular complexity index is 795. The molecule has 3 rings (SSSR count). The molecule has 1 N–H and O–H groups in total. The van der Waals surface area contributed by atoms with Crippen LogP contribution in [-0.4, -0.2) is 38.8 Å². The maximum atomic E-state index is 13.3. The topological polar surface area (TPSA) is 50.8 Å². The van der Waals surface area contributed by atoms with Gasteiger partial charge in [-0.2, -0.15) is 0 Å². The second-order valence-electron chi connectivity index (χ2n) is 7.09. The highest BCUT2D eigenvalue weighted by atomic mass is 19.1. The van der Waals surface area contributed by atoms with Crippen LogP contribution in [0.1, 0.15) is 24.0 Å². The summed E-state index contributed by atoms with van der Waals surface area (Å²) in [5, 5.41) is 2.94. The molecule has 0 spiro atoms. The lowest BCUT2D eigenvalue weighted by Crippen LogP contribution is -2.45. The molecule has 0 fully saturated rings. The number of carbonyl (C=O) groups is 1. The van der Waals surface area contributed by atoms with Crippen molar-refractivity contribution in [1.82, 2.24) is 5.32 Å². The second-order valence-corrected chi connectivity index (χ2v) is 7.09. The Morgan fingerprint density at radius 3 is 2.82 bits per heavy atom. The fourth-order valence-electron chi connectivity index (χ4n) is 3.35. The smallest absolute Gasteiger partial charge is 0.222 e. The second kappa shape index (κ2) is 9.55. The van der Waals surface area contributed by atoms with Crippen molar-refractivity contribution >= 4 is 11.6 Å². The van der Waals surface area contributed by atoms with E-state index in [2.05, 4.69) is 10.2 Å². The van der Waals surface area contributed by atoms with Gasteiger partial charge in [-0.1, -0.05) is 18.2 Å². The van der Waals surface area contributed by atoms with Gasteiger partial charge in [-0.3, -0.25) is 4.79 Å². The minimum atomic E-state index is -0.256. The molecule has 1 aliphatic rings. The quantitative estimate of drug-likeness (QED) is 0.706. The lowest BCUT2D eigenvalue weighted by molar-refractivity contribution is -0.121. The summed E-state index contributed by atoms with van der Waals surface area (Å²) in [6.45, 7) is 4.25. The van der Waals surface area contributed by atoms with Crippen LogP contribution in [0.4, 0.5) is 10.1 Å². The number of hydrogen-bond donors (Lipinski definition) is 1.